The van der Waals surface area contributed by atoms with Crippen molar-refractivity contribution >= 4 is 29.5 Å². The molecule has 0 radical (unpaired) electrons. The van der Waals surface area contributed by atoms with E-state index in [-0.39, 0.29) is 25.2 Å². The van der Waals surface area contributed by atoms with Crippen LogP contribution in [0.4, 0.5) is 8.78 Å². The molecule has 2 amide bonds. The number of rotatable bonds is 13. The molecular formula is C18H28F2N2O7. The van der Waals surface area contributed by atoms with Crippen LogP contribution in [0.15, 0.2) is 0 Å². The predicted octanol–water partition coefficient (Wildman–Crippen LogP) is 1.20. The van der Waals surface area contributed by atoms with E-state index in [1.54, 1.807) is 27.7 Å². The number of carbonyl (C=O) groups excluding carboxylic acids is 3. The number of amides is 2. The molecule has 0 aliphatic heterocycles. The third kappa shape index (κ3) is 11.1. The van der Waals surface area contributed by atoms with Crippen molar-refractivity contribution < 1.29 is 43.0 Å². The summed E-state index contributed by atoms with van der Waals surface area (Å²) >= 11 is 0. The van der Waals surface area contributed by atoms with Gasteiger partial charge >= 0.3 is 11.9 Å². The predicted molar refractivity (Wildman–Crippen MR) is 97.2 cm³/mol. The summed E-state index contributed by atoms with van der Waals surface area (Å²) in [6, 6.07) is -3.14. The average Bonchev–Trinajstić information content (AvgIpc) is 2.49. The topological polar surface area (TPSA) is 150 Å². The van der Waals surface area contributed by atoms with Gasteiger partial charge in [-0.15, -0.1) is 0 Å². The smallest absolute Gasteiger partial charge is 0.374 e. The molecule has 2 atom stereocenters. The number of halogens is 2. The van der Waals surface area contributed by atoms with Crippen molar-refractivity contribution in [1.29, 1.82) is 0 Å². The molecule has 0 spiro atoms. The maximum atomic E-state index is 12.7. The minimum Gasteiger partial charge on any atom is -0.481 e. The van der Waals surface area contributed by atoms with Gasteiger partial charge in [0, 0.05) is 12.8 Å². The van der Waals surface area contributed by atoms with Gasteiger partial charge in [-0.05, 0) is 17.8 Å². The summed E-state index contributed by atoms with van der Waals surface area (Å²) in [7, 11) is 0. The van der Waals surface area contributed by atoms with E-state index in [2.05, 4.69) is 5.32 Å². The highest BCUT2D eigenvalue weighted by Gasteiger charge is 2.33. The van der Waals surface area contributed by atoms with E-state index in [0.717, 1.165) is 0 Å². The van der Waals surface area contributed by atoms with Crippen molar-refractivity contribution in [2.45, 2.75) is 71.9 Å². The second-order valence-corrected chi connectivity index (χ2v) is 8.02. The van der Waals surface area contributed by atoms with Crippen LogP contribution in [0.2, 0.25) is 0 Å². The van der Waals surface area contributed by atoms with Gasteiger partial charge in [-0.2, -0.15) is 0 Å². The third-order valence-electron chi connectivity index (χ3n) is 3.89. The van der Waals surface area contributed by atoms with Crippen LogP contribution in [-0.2, 0) is 24.0 Å². The number of carboxylic acids is 2. The third-order valence-corrected chi connectivity index (χ3v) is 3.89. The van der Waals surface area contributed by atoms with Crippen LogP contribution in [0.1, 0.15) is 53.4 Å². The molecule has 29 heavy (non-hydrogen) atoms. The van der Waals surface area contributed by atoms with Gasteiger partial charge in [0.15, 0.2) is 0 Å². The van der Waals surface area contributed by atoms with Crippen molar-refractivity contribution in [3.63, 3.8) is 0 Å². The fourth-order valence-electron chi connectivity index (χ4n) is 2.69. The molecule has 0 rings (SSSR count). The summed E-state index contributed by atoms with van der Waals surface area (Å²) in [6.45, 7) is 6.59. The number of alkyl halides is 2. The van der Waals surface area contributed by atoms with E-state index < -0.39 is 59.9 Å². The van der Waals surface area contributed by atoms with Gasteiger partial charge in [0.1, 0.15) is 12.1 Å². The summed E-state index contributed by atoms with van der Waals surface area (Å²) in [6.07, 6.45) is -4.61. The van der Waals surface area contributed by atoms with Crippen molar-refractivity contribution in [1.82, 2.24) is 10.6 Å². The summed E-state index contributed by atoms with van der Waals surface area (Å²) in [5, 5.41) is 22.0. The zero-order valence-electron chi connectivity index (χ0n) is 16.8. The Labute approximate surface area is 167 Å². The van der Waals surface area contributed by atoms with Crippen molar-refractivity contribution in [3.8, 4) is 0 Å². The standard InChI is InChI=1S/C18H28F2N2O7/c1-9(2)5-11(21-13(23)7-18(3,4)8-14(24)25)16(27)22-10(6-12(19)20)15(26)17(28)29/h9-12H,5-8H2,1-4H3,(H,21,23)(H,22,27)(H,24,25)(H,28,29)/t10-,11-/m1/s1. The van der Waals surface area contributed by atoms with Crippen LogP contribution >= 0.6 is 0 Å². The van der Waals surface area contributed by atoms with Gasteiger partial charge in [-0.3, -0.25) is 19.2 Å². The Morgan fingerprint density at radius 2 is 1.45 bits per heavy atom. The molecule has 0 heterocycles. The summed E-state index contributed by atoms with van der Waals surface area (Å²) < 4.78 is 25.3. The molecule has 0 aliphatic carbocycles. The highest BCUT2D eigenvalue weighted by molar-refractivity contribution is 6.35. The lowest BCUT2D eigenvalue weighted by molar-refractivity contribution is -0.151. The van der Waals surface area contributed by atoms with Crippen LogP contribution in [-0.4, -0.2) is 58.3 Å². The van der Waals surface area contributed by atoms with Crippen LogP contribution in [0, 0.1) is 11.3 Å². The number of carbonyl (C=O) groups is 5. The Bertz CT molecular complexity index is 636. The van der Waals surface area contributed by atoms with E-state index in [4.69, 9.17) is 10.2 Å². The zero-order chi connectivity index (χ0) is 22.9. The zero-order valence-corrected chi connectivity index (χ0v) is 16.8. The molecule has 0 aromatic heterocycles. The number of hydrogen-bond acceptors (Lipinski definition) is 5. The highest BCUT2D eigenvalue weighted by Crippen LogP contribution is 2.25. The van der Waals surface area contributed by atoms with Gasteiger partial charge in [0.2, 0.25) is 18.2 Å². The quantitative estimate of drug-likeness (QED) is 0.326. The molecule has 0 aromatic rings. The van der Waals surface area contributed by atoms with Crippen LogP contribution < -0.4 is 10.6 Å². The first-order valence-electron chi connectivity index (χ1n) is 9.01. The molecule has 0 aromatic carbocycles. The normalized spacial score (nSPS) is 13.7. The summed E-state index contributed by atoms with van der Waals surface area (Å²) in [5.41, 5.74) is -0.897. The lowest BCUT2D eigenvalue weighted by Crippen LogP contribution is -2.53. The first-order valence-corrected chi connectivity index (χ1v) is 9.01. The van der Waals surface area contributed by atoms with Crippen molar-refractivity contribution in [2.75, 3.05) is 0 Å². The maximum absolute atomic E-state index is 12.7. The minimum atomic E-state index is -3.03. The number of ketones is 1. The molecule has 0 saturated carbocycles. The molecule has 4 N–H and O–H groups in total. The van der Waals surface area contributed by atoms with Gasteiger partial charge in [0.05, 0.1) is 6.42 Å². The summed E-state index contributed by atoms with van der Waals surface area (Å²) in [5.74, 6) is -6.36. The first kappa shape index (κ1) is 26.4. The number of Topliss-reactive ketones (excluding diaryl/α,β-unsaturated/α-hetero) is 1. The SMILES string of the molecule is CC(C)C[C@@H](NC(=O)CC(C)(C)CC(=O)O)C(=O)N[C@H](CC(F)F)C(=O)C(=O)O. The molecule has 166 valence electrons. The molecule has 0 saturated heterocycles. The van der Waals surface area contributed by atoms with Crippen LogP contribution in [0.3, 0.4) is 0 Å². The monoisotopic (exact) mass is 422 g/mol. The molecule has 11 heteroatoms. The Morgan fingerprint density at radius 1 is 0.897 bits per heavy atom. The average molecular weight is 422 g/mol. The van der Waals surface area contributed by atoms with E-state index >= 15 is 0 Å². The van der Waals surface area contributed by atoms with Gasteiger partial charge in [0.25, 0.3) is 5.78 Å². The second-order valence-electron chi connectivity index (χ2n) is 8.02. The molecular weight excluding hydrogens is 394 g/mol. The highest BCUT2D eigenvalue weighted by atomic mass is 19.3. The van der Waals surface area contributed by atoms with E-state index in [9.17, 15) is 32.8 Å². The molecule has 0 bridgehead atoms. The lowest BCUT2D eigenvalue weighted by Gasteiger charge is -2.26. The Hall–Kier alpha value is -2.59. The number of aliphatic carboxylic acids is 2. The van der Waals surface area contributed by atoms with Crippen LogP contribution in [0.5, 0.6) is 0 Å². The van der Waals surface area contributed by atoms with Gasteiger partial charge in [-0.25, -0.2) is 13.6 Å². The van der Waals surface area contributed by atoms with Gasteiger partial charge in [-0.1, -0.05) is 27.7 Å². The maximum Gasteiger partial charge on any atom is 0.374 e. The Balaban J connectivity index is 5.30. The number of nitrogens with one attached hydrogen (secondary N) is 2. The second kappa shape index (κ2) is 11.4. The van der Waals surface area contributed by atoms with E-state index in [0.29, 0.717) is 0 Å². The number of hydrogen-bond donors (Lipinski definition) is 4. The lowest BCUT2D eigenvalue weighted by atomic mass is 9.85. The van der Waals surface area contributed by atoms with Crippen molar-refractivity contribution in [3.05, 3.63) is 0 Å². The largest absolute Gasteiger partial charge is 0.481 e. The fraction of sp³-hybridized carbons (Fsp3) is 0.722. The Morgan fingerprint density at radius 3 is 1.86 bits per heavy atom. The summed E-state index contributed by atoms with van der Waals surface area (Å²) in [4.78, 5) is 58.0. The minimum absolute atomic E-state index is 0.0968. The Kier molecular flexibility index (Phi) is 10.4. The van der Waals surface area contributed by atoms with E-state index in [1.807, 2.05) is 5.32 Å². The van der Waals surface area contributed by atoms with Crippen molar-refractivity contribution in [2.24, 2.45) is 11.3 Å². The van der Waals surface area contributed by atoms with Gasteiger partial charge < -0.3 is 20.8 Å². The van der Waals surface area contributed by atoms with E-state index in [1.165, 1.54) is 0 Å². The first-order chi connectivity index (χ1) is 13.1. The molecule has 0 unspecified atom stereocenters. The molecule has 0 aliphatic rings. The van der Waals surface area contributed by atoms with Crippen LogP contribution in [0.25, 0.3) is 0 Å². The molecule has 0 fully saturated rings. The molecule has 9 nitrogen and oxygen atoms in total. The fourth-order valence-corrected chi connectivity index (χ4v) is 2.69. The number of carboxylic acid groups (broad SMARTS) is 2.